The van der Waals surface area contributed by atoms with Gasteiger partial charge in [0.1, 0.15) is 0 Å². The predicted molar refractivity (Wildman–Crippen MR) is 20.1 cm³/mol. The van der Waals surface area contributed by atoms with Crippen molar-refractivity contribution < 1.29 is 30.8 Å². The molecule has 0 aromatic rings. The molecule has 0 aromatic heterocycles. The molecule has 9 heavy (non-hydrogen) atoms. The van der Waals surface area contributed by atoms with Gasteiger partial charge in [0, 0.05) is 0 Å². The summed E-state index contributed by atoms with van der Waals surface area (Å²) in [7, 11) is -5.84. The number of hydrogen-bond donors (Lipinski definition) is 1. The average molecular weight is 170 g/mol. The van der Waals surface area contributed by atoms with E-state index in [1.54, 1.807) is 0 Å². The molecule has 0 heterocycles. The Bertz CT molecular complexity index is 165. The number of rotatable bonds is 0. The van der Waals surface area contributed by atoms with Crippen molar-refractivity contribution in [1.29, 1.82) is 0 Å². The van der Waals surface area contributed by atoms with Gasteiger partial charge in [-0.15, -0.1) is 0 Å². The van der Waals surface area contributed by atoms with Gasteiger partial charge >= 0.3 is 15.6 Å². The lowest BCUT2D eigenvalue weighted by Crippen LogP contribution is -2.21. The van der Waals surface area contributed by atoms with E-state index in [-0.39, 0.29) is 4.70 Å². The zero-order valence-corrected chi connectivity index (χ0v) is 4.53. The molecule has 0 spiro atoms. The molecule has 0 saturated heterocycles. The maximum atomic E-state index is 10.7. The molecule has 0 bridgehead atoms. The molecular formula is CH2F4O3S. The largest absolute Gasteiger partial charge is 0.522 e. The average Bonchev–Trinajstić information content (AvgIpc) is 1.25. The second kappa shape index (κ2) is 2.48. The third-order valence-corrected chi connectivity index (χ3v) is 0.877. The van der Waals surface area contributed by atoms with Crippen LogP contribution in [0, 0.1) is 0 Å². The van der Waals surface area contributed by atoms with Crippen LogP contribution in [0.25, 0.3) is 0 Å². The Balaban J connectivity index is 0. The van der Waals surface area contributed by atoms with Crippen LogP contribution in [0.2, 0.25) is 0 Å². The molecule has 1 N–H and O–H groups in total. The van der Waals surface area contributed by atoms with Crippen molar-refractivity contribution in [1.82, 2.24) is 0 Å². The quantitative estimate of drug-likeness (QED) is 0.328. The van der Waals surface area contributed by atoms with Gasteiger partial charge in [0.2, 0.25) is 0 Å². The van der Waals surface area contributed by atoms with Crippen LogP contribution in [0.3, 0.4) is 0 Å². The fraction of sp³-hybridized carbons (Fsp3) is 1.00. The molecule has 0 unspecified atom stereocenters. The van der Waals surface area contributed by atoms with E-state index in [0.29, 0.717) is 0 Å². The van der Waals surface area contributed by atoms with E-state index < -0.39 is 15.6 Å². The first-order valence-corrected chi connectivity index (χ1v) is 2.73. The maximum absolute atomic E-state index is 10.7. The normalized spacial score (nSPS) is 12.4. The molecule has 58 valence electrons. The van der Waals surface area contributed by atoms with Gasteiger partial charge in [0.15, 0.2) is 0 Å². The van der Waals surface area contributed by atoms with Gasteiger partial charge < -0.3 is 0 Å². The summed E-state index contributed by atoms with van der Waals surface area (Å²) in [5.74, 6) is 0. The zero-order chi connectivity index (χ0) is 7.00. The first kappa shape index (κ1) is 11.4. The van der Waals surface area contributed by atoms with Crippen molar-refractivity contribution in [2.75, 3.05) is 0 Å². The lowest BCUT2D eigenvalue weighted by atomic mass is 11.6. The summed E-state index contributed by atoms with van der Waals surface area (Å²) in [6.07, 6.45) is 0. The van der Waals surface area contributed by atoms with Crippen LogP contribution >= 0.6 is 0 Å². The predicted octanol–water partition coefficient (Wildman–Crippen LogP) is 0.547. The summed E-state index contributed by atoms with van der Waals surface area (Å²) in [6.45, 7) is 0. The van der Waals surface area contributed by atoms with Crippen LogP contribution in [0.1, 0.15) is 0 Å². The minimum absolute atomic E-state index is 0. The highest BCUT2D eigenvalue weighted by molar-refractivity contribution is 7.86. The SMILES string of the molecule is F.O=S(=O)(O)C(F)(F)F. The van der Waals surface area contributed by atoms with Crippen LogP contribution in [0.4, 0.5) is 17.9 Å². The first-order valence-electron chi connectivity index (χ1n) is 1.29. The zero-order valence-electron chi connectivity index (χ0n) is 3.71. The second-order valence-corrected chi connectivity index (χ2v) is 2.33. The van der Waals surface area contributed by atoms with E-state index in [1.165, 1.54) is 0 Å². The Hall–Kier alpha value is -0.370. The Labute approximate surface area is 47.6 Å². The Morgan fingerprint density at radius 1 is 1.22 bits per heavy atom. The van der Waals surface area contributed by atoms with E-state index in [1.807, 2.05) is 0 Å². The highest BCUT2D eigenvalue weighted by atomic mass is 32.2. The molecule has 0 radical (unpaired) electrons. The van der Waals surface area contributed by atoms with Gasteiger partial charge in [-0.3, -0.25) is 9.26 Å². The van der Waals surface area contributed by atoms with Crippen LogP contribution in [0.5, 0.6) is 0 Å². The highest BCUT2D eigenvalue weighted by Gasteiger charge is 2.44. The van der Waals surface area contributed by atoms with Gasteiger partial charge in [-0.05, 0) is 0 Å². The molecule has 0 rings (SSSR count). The standard InChI is InChI=1S/CHF3O3S.FH/c2-1(3,4)8(5,6)7;/h(H,5,6,7);1H. The third-order valence-electron chi connectivity index (χ3n) is 0.292. The summed E-state index contributed by atoms with van der Waals surface area (Å²) in [5, 5.41) is 0. The lowest BCUT2D eigenvalue weighted by molar-refractivity contribution is -0.0510. The molecule has 3 nitrogen and oxygen atoms in total. The van der Waals surface area contributed by atoms with Crippen LogP contribution in [-0.2, 0) is 10.1 Å². The molecule has 0 aliphatic rings. The lowest BCUT2D eigenvalue weighted by Gasteiger charge is -1.97. The molecule has 0 atom stereocenters. The summed E-state index contributed by atoms with van der Waals surface area (Å²) in [6, 6.07) is 0. The van der Waals surface area contributed by atoms with Gasteiger partial charge in [-0.25, -0.2) is 0 Å². The molecule has 0 aliphatic heterocycles. The van der Waals surface area contributed by atoms with Gasteiger partial charge in [-0.1, -0.05) is 0 Å². The monoisotopic (exact) mass is 170 g/mol. The summed E-state index contributed by atoms with van der Waals surface area (Å²) in [5.41, 5.74) is -5.53. The number of hydrogen-bond acceptors (Lipinski definition) is 2. The second-order valence-electron chi connectivity index (χ2n) is 0.921. The number of alkyl halides is 3. The molecule has 0 fully saturated rings. The van der Waals surface area contributed by atoms with Crippen LogP contribution in [-0.4, -0.2) is 18.5 Å². The van der Waals surface area contributed by atoms with Crippen molar-refractivity contribution in [3.05, 3.63) is 0 Å². The van der Waals surface area contributed by atoms with E-state index >= 15 is 0 Å². The van der Waals surface area contributed by atoms with Crippen molar-refractivity contribution in [3.63, 3.8) is 0 Å². The first-order chi connectivity index (χ1) is 3.25. The summed E-state index contributed by atoms with van der Waals surface area (Å²) < 4.78 is 57.5. The molecular weight excluding hydrogens is 168 g/mol. The van der Waals surface area contributed by atoms with Gasteiger partial charge in [0.25, 0.3) is 0 Å². The van der Waals surface area contributed by atoms with Crippen LogP contribution in [0.15, 0.2) is 0 Å². The molecule has 0 saturated carbocycles. The minimum atomic E-state index is -5.84. The fourth-order valence-corrected chi connectivity index (χ4v) is 0. The Morgan fingerprint density at radius 2 is 1.33 bits per heavy atom. The van der Waals surface area contributed by atoms with Crippen LogP contribution < -0.4 is 0 Å². The van der Waals surface area contributed by atoms with Crippen molar-refractivity contribution in [2.45, 2.75) is 5.51 Å². The topological polar surface area (TPSA) is 54.4 Å². The summed E-state index contributed by atoms with van der Waals surface area (Å²) in [4.78, 5) is 0. The molecule has 0 aliphatic carbocycles. The summed E-state index contributed by atoms with van der Waals surface area (Å²) >= 11 is 0. The highest BCUT2D eigenvalue weighted by Crippen LogP contribution is 2.20. The third kappa shape index (κ3) is 3.25. The van der Waals surface area contributed by atoms with Gasteiger partial charge in [-0.2, -0.15) is 21.6 Å². The number of halogens is 4. The van der Waals surface area contributed by atoms with E-state index in [9.17, 15) is 13.2 Å². The van der Waals surface area contributed by atoms with E-state index in [0.717, 1.165) is 0 Å². The smallest absolute Gasteiger partial charge is 0.279 e. The van der Waals surface area contributed by atoms with Crippen molar-refractivity contribution in [2.24, 2.45) is 0 Å². The molecule has 8 heteroatoms. The Kier molecular flexibility index (Phi) is 3.15. The fourth-order valence-electron chi connectivity index (χ4n) is 0. The minimum Gasteiger partial charge on any atom is -0.279 e. The van der Waals surface area contributed by atoms with E-state index in [2.05, 4.69) is 0 Å². The van der Waals surface area contributed by atoms with E-state index in [4.69, 9.17) is 13.0 Å². The Morgan fingerprint density at radius 3 is 1.33 bits per heavy atom. The van der Waals surface area contributed by atoms with Crippen molar-refractivity contribution in [3.8, 4) is 0 Å². The molecule has 0 amide bonds. The maximum Gasteiger partial charge on any atom is 0.522 e. The van der Waals surface area contributed by atoms with Gasteiger partial charge in [0.05, 0.1) is 0 Å². The van der Waals surface area contributed by atoms with Crippen molar-refractivity contribution >= 4 is 10.1 Å². The molecule has 0 aromatic carbocycles.